The topological polar surface area (TPSA) is 70.9 Å². The minimum atomic E-state index is -0.113. The first-order valence-electron chi connectivity index (χ1n) is 6.49. The van der Waals surface area contributed by atoms with Crippen molar-refractivity contribution in [3.05, 3.63) is 64.6 Å². The SMILES string of the molecule is CC(NCc1nc2ccccc2c(=O)[nH]1)c1ccco1. The van der Waals surface area contributed by atoms with Gasteiger partial charge in [0.15, 0.2) is 0 Å². The molecule has 3 rings (SSSR count). The first-order valence-corrected chi connectivity index (χ1v) is 6.49. The van der Waals surface area contributed by atoms with Gasteiger partial charge < -0.3 is 14.7 Å². The quantitative estimate of drug-likeness (QED) is 0.762. The maximum absolute atomic E-state index is 11.9. The zero-order valence-corrected chi connectivity index (χ0v) is 11.1. The summed E-state index contributed by atoms with van der Waals surface area (Å²) in [6.45, 7) is 2.47. The molecule has 1 atom stereocenters. The van der Waals surface area contributed by atoms with E-state index in [0.29, 0.717) is 23.3 Å². The highest BCUT2D eigenvalue weighted by Gasteiger charge is 2.09. The molecule has 0 bridgehead atoms. The Balaban J connectivity index is 1.80. The van der Waals surface area contributed by atoms with Crippen LogP contribution in [0.1, 0.15) is 24.6 Å². The lowest BCUT2D eigenvalue weighted by atomic mass is 10.2. The van der Waals surface area contributed by atoms with Crippen LogP contribution in [-0.4, -0.2) is 9.97 Å². The molecule has 0 spiro atoms. The minimum absolute atomic E-state index is 0.0572. The summed E-state index contributed by atoms with van der Waals surface area (Å²) in [6, 6.07) is 11.1. The fourth-order valence-electron chi connectivity index (χ4n) is 2.11. The average Bonchev–Trinajstić information content (AvgIpc) is 2.99. The third kappa shape index (κ3) is 2.48. The minimum Gasteiger partial charge on any atom is -0.468 e. The zero-order chi connectivity index (χ0) is 13.9. The summed E-state index contributed by atoms with van der Waals surface area (Å²) in [5.74, 6) is 1.47. The van der Waals surface area contributed by atoms with Crippen LogP contribution in [0.4, 0.5) is 0 Å². The molecule has 0 radical (unpaired) electrons. The predicted octanol–water partition coefficient (Wildman–Crippen LogP) is 2.37. The standard InChI is InChI=1S/C15H15N3O2/c1-10(13-7-4-8-20-13)16-9-14-17-12-6-3-2-5-11(12)15(19)18-14/h2-8,10,16H,9H2,1H3,(H,17,18,19). The number of nitrogens with zero attached hydrogens (tertiary/aromatic N) is 1. The molecule has 0 saturated carbocycles. The van der Waals surface area contributed by atoms with Gasteiger partial charge in [-0.1, -0.05) is 12.1 Å². The number of rotatable bonds is 4. The van der Waals surface area contributed by atoms with Crippen LogP contribution in [0.25, 0.3) is 10.9 Å². The number of H-pyrrole nitrogens is 1. The van der Waals surface area contributed by atoms with E-state index < -0.39 is 0 Å². The Labute approximate surface area is 115 Å². The normalized spacial score (nSPS) is 12.7. The molecule has 0 aliphatic heterocycles. The van der Waals surface area contributed by atoms with E-state index in [-0.39, 0.29) is 11.6 Å². The van der Waals surface area contributed by atoms with Gasteiger partial charge in [0.2, 0.25) is 0 Å². The fourth-order valence-corrected chi connectivity index (χ4v) is 2.11. The average molecular weight is 269 g/mol. The van der Waals surface area contributed by atoms with Gasteiger partial charge >= 0.3 is 0 Å². The number of furan rings is 1. The molecule has 2 N–H and O–H groups in total. The summed E-state index contributed by atoms with van der Waals surface area (Å²) < 4.78 is 5.32. The number of hydrogen-bond donors (Lipinski definition) is 2. The summed E-state index contributed by atoms with van der Waals surface area (Å²) in [5.41, 5.74) is 0.594. The molecule has 1 aromatic carbocycles. The molecule has 0 amide bonds. The number of aromatic nitrogens is 2. The Hall–Kier alpha value is -2.40. The molecule has 0 aliphatic carbocycles. The van der Waals surface area contributed by atoms with E-state index in [1.807, 2.05) is 37.3 Å². The highest BCUT2D eigenvalue weighted by molar-refractivity contribution is 5.77. The second-order valence-electron chi connectivity index (χ2n) is 4.65. The summed E-state index contributed by atoms with van der Waals surface area (Å²) in [6.07, 6.45) is 1.64. The Morgan fingerprint density at radius 3 is 2.95 bits per heavy atom. The lowest BCUT2D eigenvalue weighted by molar-refractivity contribution is 0.427. The van der Waals surface area contributed by atoms with Crippen molar-refractivity contribution >= 4 is 10.9 Å². The van der Waals surface area contributed by atoms with Gasteiger partial charge in [0.25, 0.3) is 5.56 Å². The van der Waals surface area contributed by atoms with E-state index in [0.717, 1.165) is 5.76 Å². The number of aromatic amines is 1. The molecule has 0 saturated heterocycles. The number of hydrogen-bond acceptors (Lipinski definition) is 4. The molecule has 5 heteroatoms. The second-order valence-corrected chi connectivity index (χ2v) is 4.65. The highest BCUT2D eigenvalue weighted by Crippen LogP contribution is 2.12. The van der Waals surface area contributed by atoms with Gasteiger partial charge in [-0.2, -0.15) is 0 Å². The third-order valence-corrected chi connectivity index (χ3v) is 3.21. The molecule has 3 aromatic rings. The van der Waals surface area contributed by atoms with Crippen molar-refractivity contribution in [1.29, 1.82) is 0 Å². The molecule has 20 heavy (non-hydrogen) atoms. The zero-order valence-electron chi connectivity index (χ0n) is 11.1. The van der Waals surface area contributed by atoms with Crippen molar-refractivity contribution in [1.82, 2.24) is 15.3 Å². The van der Waals surface area contributed by atoms with Gasteiger partial charge in [-0.15, -0.1) is 0 Å². The summed E-state index contributed by atoms with van der Waals surface area (Å²) in [5, 5.41) is 3.87. The third-order valence-electron chi connectivity index (χ3n) is 3.21. The maximum atomic E-state index is 11.9. The molecule has 2 heterocycles. The van der Waals surface area contributed by atoms with E-state index >= 15 is 0 Å². The van der Waals surface area contributed by atoms with Crippen molar-refractivity contribution in [3.63, 3.8) is 0 Å². The van der Waals surface area contributed by atoms with E-state index in [2.05, 4.69) is 15.3 Å². The molecule has 0 aliphatic rings. The Bertz CT molecular complexity index is 762. The lowest BCUT2D eigenvalue weighted by Crippen LogP contribution is -2.22. The van der Waals surface area contributed by atoms with Crippen molar-refractivity contribution < 1.29 is 4.42 Å². The van der Waals surface area contributed by atoms with Crippen LogP contribution >= 0.6 is 0 Å². The Kier molecular flexibility index (Phi) is 3.35. The van der Waals surface area contributed by atoms with Gasteiger partial charge in [0, 0.05) is 0 Å². The van der Waals surface area contributed by atoms with E-state index in [1.165, 1.54) is 0 Å². The van der Waals surface area contributed by atoms with Crippen LogP contribution in [0, 0.1) is 0 Å². The van der Waals surface area contributed by atoms with Gasteiger partial charge in [-0.25, -0.2) is 4.98 Å². The highest BCUT2D eigenvalue weighted by atomic mass is 16.3. The number of benzene rings is 1. The van der Waals surface area contributed by atoms with Gasteiger partial charge in [-0.05, 0) is 31.2 Å². The fraction of sp³-hybridized carbons (Fsp3) is 0.200. The van der Waals surface area contributed by atoms with Gasteiger partial charge in [0.05, 0.1) is 29.8 Å². The van der Waals surface area contributed by atoms with Crippen molar-refractivity contribution in [3.8, 4) is 0 Å². The van der Waals surface area contributed by atoms with Gasteiger partial charge in [-0.3, -0.25) is 4.79 Å². The molecule has 2 aromatic heterocycles. The van der Waals surface area contributed by atoms with Crippen LogP contribution in [0.15, 0.2) is 51.9 Å². The van der Waals surface area contributed by atoms with Crippen LogP contribution in [0.3, 0.4) is 0 Å². The lowest BCUT2D eigenvalue weighted by Gasteiger charge is -2.10. The van der Waals surface area contributed by atoms with Crippen molar-refractivity contribution in [2.45, 2.75) is 19.5 Å². The molecule has 1 unspecified atom stereocenters. The van der Waals surface area contributed by atoms with E-state index in [4.69, 9.17) is 4.42 Å². The Morgan fingerprint density at radius 1 is 1.30 bits per heavy atom. The van der Waals surface area contributed by atoms with Crippen LogP contribution in [0.5, 0.6) is 0 Å². The molecule has 5 nitrogen and oxygen atoms in total. The van der Waals surface area contributed by atoms with E-state index in [9.17, 15) is 4.79 Å². The smallest absolute Gasteiger partial charge is 0.258 e. The van der Waals surface area contributed by atoms with Crippen LogP contribution < -0.4 is 10.9 Å². The number of nitrogens with one attached hydrogen (secondary N) is 2. The maximum Gasteiger partial charge on any atom is 0.258 e. The monoisotopic (exact) mass is 269 g/mol. The van der Waals surface area contributed by atoms with Crippen LogP contribution in [-0.2, 0) is 6.54 Å². The molecular formula is C15H15N3O2. The van der Waals surface area contributed by atoms with E-state index in [1.54, 1.807) is 12.3 Å². The van der Waals surface area contributed by atoms with Crippen LogP contribution in [0.2, 0.25) is 0 Å². The molecule has 102 valence electrons. The summed E-state index contributed by atoms with van der Waals surface area (Å²) >= 11 is 0. The van der Waals surface area contributed by atoms with Gasteiger partial charge in [0.1, 0.15) is 11.6 Å². The number of para-hydroxylation sites is 1. The predicted molar refractivity (Wildman–Crippen MR) is 76.3 cm³/mol. The molecule has 0 fully saturated rings. The van der Waals surface area contributed by atoms with Crippen molar-refractivity contribution in [2.24, 2.45) is 0 Å². The Morgan fingerprint density at radius 2 is 2.15 bits per heavy atom. The molecular weight excluding hydrogens is 254 g/mol. The first-order chi connectivity index (χ1) is 9.74. The summed E-state index contributed by atoms with van der Waals surface area (Å²) in [7, 11) is 0. The van der Waals surface area contributed by atoms with Crippen molar-refractivity contribution in [2.75, 3.05) is 0 Å². The second kappa shape index (κ2) is 5.30. The summed E-state index contributed by atoms with van der Waals surface area (Å²) in [4.78, 5) is 19.2. The largest absolute Gasteiger partial charge is 0.468 e. The first kappa shape index (κ1) is 12.6. The number of fused-ring (bicyclic) bond motifs is 1.